The van der Waals surface area contributed by atoms with Crippen molar-refractivity contribution < 1.29 is 19.5 Å². The number of hydrogen-bond donors (Lipinski definition) is 2. The first-order valence-corrected chi connectivity index (χ1v) is 12.3. The number of benzene rings is 2. The summed E-state index contributed by atoms with van der Waals surface area (Å²) in [6.07, 6.45) is 0.152. The van der Waals surface area contributed by atoms with Gasteiger partial charge in [0.1, 0.15) is 17.1 Å². The zero-order valence-corrected chi connectivity index (χ0v) is 19.9. The number of thioether (sulfide) groups is 2. The minimum atomic E-state index is -1.19. The Morgan fingerprint density at radius 2 is 1.94 bits per heavy atom. The largest absolute Gasteiger partial charge is 0.477 e. The highest BCUT2D eigenvalue weighted by atomic mass is 35.5. The van der Waals surface area contributed by atoms with Crippen molar-refractivity contribution in [2.45, 2.75) is 29.7 Å². The molecule has 0 unspecified atom stereocenters. The molecule has 0 aromatic heterocycles. The second-order valence-corrected chi connectivity index (χ2v) is 10.3. The van der Waals surface area contributed by atoms with Gasteiger partial charge in [0.05, 0.1) is 11.4 Å². The van der Waals surface area contributed by atoms with Gasteiger partial charge in [0, 0.05) is 20.6 Å². The number of nitrogens with zero attached hydrogens (tertiary/aromatic N) is 1. The summed E-state index contributed by atoms with van der Waals surface area (Å²) in [5, 5.41) is 13.1. The van der Waals surface area contributed by atoms with Gasteiger partial charge in [0.25, 0.3) is 5.91 Å². The van der Waals surface area contributed by atoms with E-state index in [2.05, 4.69) is 5.32 Å². The van der Waals surface area contributed by atoms with E-state index in [1.165, 1.54) is 28.4 Å². The van der Waals surface area contributed by atoms with Crippen LogP contribution in [0.1, 0.15) is 11.1 Å². The van der Waals surface area contributed by atoms with Crippen molar-refractivity contribution in [2.24, 2.45) is 0 Å². The van der Waals surface area contributed by atoms with E-state index in [1.54, 1.807) is 19.1 Å². The van der Waals surface area contributed by atoms with Gasteiger partial charge in [-0.05, 0) is 30.2 Å². The second-order valence-electron chi connectivity index (χ2n) is 7.28. The van der Waals surface area contributed by atoms with Crippen molar-refractivity contribution in [3.8, 4) is 0 Å². The third-order valence-corrected chi connectivity index (χ3v) is 8.79. The summed E-state index contributed by atoms with van der Waals surface area (Å²) in [6.45, 7) is 1.79. The van der Waals surface area contributed by atoms with Gasteiger partial charge in [-0.1, -0.05) is 65.3 Å². The molecule has 10 heteroatoms. The molecule has 0 spiro atoms. The van der Waals surface area contributed by atoms with Crippen LogP contribution in [0.3, 0.4) is 0 Å². The molecule has 1 saturated heterocycles. The molecule has 2 aromatic rings. The summed E-state index contributed by atoms with van der Waals surface area (Å²) in [4.78, 5) is 39.7. The predicted octanol–water partition coefficient (Wildman–Crippen LogP) is 4.33. The molecule has 2 amide bonds. The van der Waals surface area contributed by atoms with Gasteiger partial charge < -0.3 is 10.4 Å². The van der Waals surface area contributed by atoms with Crippen molar-refractivity contribution in [2.75, 3.05) is 5.75 Å². The number of hydrogen-bond acceptors (Lipinski definition) is 5. The third-order valence-electron chi connectivity index (χ3n) is 5.18. The number of aliphatic carboxylic acids is 1. The zero-order valence-electron chi connectivity index (χ0n) is 16.8. The molecule has 2 atom stereocenters. The van der Waals surface area contributed by atoms with E-state index in [1.807, 2.05) is 30.3 Å². The van der Waals surface area contributed by atoms with Crippen LogP contribution in [0.4, 0.5) is 0 Å². The average molecular weight is 509 g/mol. The molecule has 32 heavy (non-hydrogen) atoms. The molecule has 0 bridgehead atoms. The molecule has 6 nitrogen and oxygen atoms in total. The first kappa shape index (κ1) is 23.0. The highest BCUT2D eigenvalue weighted by molar-refractivity contribution is 8.06. The fourth-order valence-electron chi connectivity index (χ4n) is 3.52. The molecule has 2 aromatic carbocycles. The normalized spacial score (nSPS) is 20.0. The number of halogens is 2. The number of rotatable bonds is 6. The van der Waals surface area contributed by atoms with E-state index in [9.17, 15) is 19.5 Å². The molecular formula is C22H18Cl2N2O4S2. The molecule has 2 aliphatic rings. The van der Waals surface area contributed by atoms with Crippen LogP contribution in [0, 0.1) is 6.92 Å². The molecule has 4 rings (SSSR count). The smallest absolute Gasteiger partial charge is 0.353 e. The van der Waals surface area contributed by atoms with Gasteiger partial charge >= 0.3 is 5.97 Å². The van der Waals surface area contributed by atoms with Crippen molar-refractivity contribution in [3.05, 3.63) is 74.2 Å². The maximum atomic E-state index is 12.8. The fourth-order valence-corrected chi connectivity index (χ4v) is 6.57. The van der Waals surface area contributed by atoms with E-state index in [4.69, 9.17) is 23.2 Å². The van der Waals surface area contributed by atoms with Crippen molar-refractivity contribution in [1.82, 2.24) is 10.2 Å². The first-order valence-electron chi connectivity index (χ1n) is 9.64. The summed E-state index contributed by atoms with van der Waals surface area (Å²) in [5.41, 5.74) is 1.48. The summed E-state index contributed by atoms with van der Waals surface area (Å²) in [7, 11) is 0. The highest BCUT2D eigenvalue weighted by Gasteiger charge is 2.54. The van der Waals surface area contributed by atoms with Crippen LogP contribution < -0.4 is 5.32 Å². The molecule has 2 heterocycles. The van der Waals surface area contributed by atoms with Gasteiger partial charge in [0.15, 0.2) is 0 Å². The van der Waals surface area contributed by atoms with Gasteiger partial charge in [-0.15, -0.1) is 11.8 Å². The topological polar surface area (TPSA) is 86.7 Å². The number of carboxylic acid groups (broad SMARTS) is 1. The van der Waals surface area contributed by atoms with Crippen LogP contribution in [-0.4, -0.2) is 45.0 Å². The minimum absolute atomic E-state index is 0.0685. The summed E-state index contributed by atoms with van der Waals surface area (Å²) < 4.78 is 0. The summed E-state index contributed by atoms with van der Waals surface area (Å²) in [5.74, 6) is -1.53. The van der Waals surface area contributed by atoms with Gasteiger partial charge in [0.2, 0.25) is 5.91 Å². The van der Waals surface area contributed by atoms with Gasteiger partial charge in [-0.2, -0.15) is 0 Å². The van der Waals surface area contributed by atoms with E-state index >= 15 is 0 Å². The van der Waals surface area contributed by atoms with Crippen LogP contribution in [0.5, 0.6) is 0 Å². The first-order chi connectivity index (χ1) is 15.3. The third kappa shape index (κ3) is 4.37. The maximum absolute atomic E-state index is 12.8. The SMILES string of the molecule is Cc1c(Cl)ccc(SC2=C(C(=O)O)N3C(=O)[C@@H](NC(=O)Cc4ccccc4)[C@@H]3SC2)c1Cl. The van der Waals surface area contributed by atoms with Crippen LogP contribution in [0.15, 0.2) is 58.0 Å². The van der Waals surface area contributed by atoms with E-state index < -0.39 is 23.3 Å². The highest BCUT2D eigenvalue weighted by Crippen LogP contribution is 2.47. The monoisotopic (exact) mass is 508 g/mol. The Balaban J connectivity index is 1.52. The number of amides is 2. The molecule has 0 radical (unpaired) electrons. The van der Waals surface area contributed by atoms with Crippen LogP contribution in [0.25, 0.3) is 0 Å². The Morgan fingerprint density at radius 3 is 2.62 bits per heavy atom. The quantitative estimate of drug-likeness (QED) is 0.564. The van der Waals surface area contributed by atoms with Crippen LogP contribution >= 0.6 is 46.7 Å². The molecule has 0 aliphatic carbocycles. The Hall–Kier alpha value is -2.13. The molecule has 0 saturated carbocycles. The van der Waals surface area contributed by atoms with Gasteiger partial charge in [-0.25, -0.2) is 4.79 Å². The predicted molar refractivity (Wildman–Crippen MR) is 127 cm³/mol. The van der Waals surface area contributed by atoms with E-state index in [0.717, 1.165) is 5.56 Å². The van der Waals surface area contributed by atoms with Crippen molar-refractivity contribution in [1.29, 1.82) is 0 Å². The van der Waals surface area contributed by atoms with E-state index in [0.29, 0.717) is 31.2 Å². The number of β-lactam (4-membered cyclic amide) rings is 1. The lowest BCUT2D eigenvalue weighted by molar-refractivity contribution is -0.150. The molecular weight excluding hydrogens is 491 g/mol. The minimum Gasteiger partial charge on any atom is -0.477 e. The van der Waals surface area contributed by atoms with Crippen molar-refractivity contribution in [3.63, 3.8) is 0 Å². The summed E-state index contributed by atoms with van der Waals surface area (Å²) in [6, 6.07) is 11.9. The number of nitrogens with one attached hydrogen (secondary N) is 1. The molecule has 2 N–H and O–H groups in total. The van der Waals surface area contributed by atoms with Crippen molar-refractivity contribution >= 4 is 64.5 Å². The number of carboxylic acids is 1. The van der Waals surface area contributed by atoms with Crippen LogP contribution in [-0.2, 0) is 20.8 Å². The number of fused-ring (bicyclic) bond motifs is 1. The second kappa shape index (κ2) is 9.39. The lowest BCUT2D eigenvalue weighted by atomic mass is 10.0. The molecule has 166 valence electrons. The molecule has 1 fully saturated rings. The fraction of sp³-hybridized carbons (Fsp3) is 0.227. The Labute approximate surface area is 203 Å². The Morgan fingerprint density at radius 1 is 1.22 bits per heavy atom. The average Bonchev–Trinajstić information content (AvgIpc) is 2.78. The number of carbonyl (C=O) groups excluding carboxylic acids is 2. The standard InChI is InChI=1S/C22H18Cl2N2O4S2/c1-11-13(23)7-8-14(17(11)24)32-15-10-31-21-18(20(28)26(21)19(15)22(29)30)25-16(27)9-12-5-3-2-4-6-12/h2-8,18,21H,9-10H2,1H3,(H,25,27)(H,29,30)/t18-,21+/m1/s1. The maximum Gasteiger partial charge on any atom is 0.353 e. The van der Waals surface area contributed by atoms with Crippen LogP contribution in [0.2, 0.25) is 10.0 Å². The lowest BCUT2D eigenvalue weighted by Gasteiger charge is -2.49. The van der Waals surface area contributed by atoms with Gasteiger partial charge in [-0.3, -0.25) is 14.5 Å². The molecule has 2 aliphatic heterocycles. The number of carbonyl (C=O) groups is 3. The lowest BCUT2D eigenvalue weighted by Crippen LogP contribution is -2.70. The van der Waals surface area contributed by atoms with E-state index in [-0.39, 0.29) is 18.0 Å². The Bertz CT molecular complexity index is 1140. The Kier molecular flexibility index (Phi) is 6.76. The summed E-state index contributed by atoms with van der Waals surface area (Å²) >= 11 is 15.1. The zero-order chi connectivity index (χ0) is 23.0.